The molecule has 0 spiro atoms. The van der Waals surface area contributed by atoms with Crippen LogP contribution in [0.2, 0.25) is 0 Å². The van der Waals surface area contributed by atoms with Crippen LogP contribution in [0, 0.1) is 20.8 Å². The van der Waals surface area contributed by atoms with E-state index in [2.05, 4.69) is 28.5 Å². The summed E-state index contributed by atoms with van der Waals surface area (Å²) in [6.07, 6.45) is 0.527. The predicted molar refractivity (Wildman–Crippen MR) is 130 cm³/mol. The molecule has 0 bridgehead atoms. The van der Waals surface area contributed by atoms with Crippen LogP contribution in [-0.2, 0) is 21.3 Å². The average Bonchev–Trinajstić information content (AvgIpc) is 2.98. The zero-order chi connectivity index (χ0) is 23.5. The molecule has 0 saturated heterocycles. The molecule has 1 heterocycles. The van der Waals surface area contributed by atoms with Crippen LogP contribution in [0.5, 0.6) is 0 Å². The first-order valence-corrected chi connectivity index (χ1v) is 12.3. The Morgan fingerprint density at radius 1 is 1.06 bits per heavy atom. The van der Waals surface area contributed by atoms with Gasteiger partial charge in [0.25, 0.3) is 5.91 Å². The number of aryl methyl sites for hydroxylation is 1. The first-order valence-electron chi connectivity index (χ1n) is 10.7. The quantitative estimate of drug-likeness (QED) is 0.491. The molecule has 0 aliphatic heterocycles. The number of hydrogen-bond acceptors (Lipinski definition) is 4. The summed E-state index contributed by atoms with van der Waals surface area (Å²) >= 11 is 0. The number of aromatic nitrogens is 1. The van der Waals surface area contributed by atoms with Crippen LogP contribution in [0.25, 0.3) is 10.9 Å². The molecule has 8 heteroatoms. The Morgan fingerprint density at radius 3 is 2.47 bits per heavy atom. The number of carbonyl (C=O) groups excluding carboxylic acids is 1. The van der Waals surface area contributed by atoms with Crippen LogP contribution in [-0.4, -0.2) is 38.4 Å². The summed E-state index contributed by atoms with van der Waals surface area (Å²) < 4.78 is 34.3. The lowest BCUT2D eigenvalue weighted by atomic mass is 10.1. The molecule has 0 atom stereocenters. The first kappa shape index (κ1) is 23.8. The second-order valence-electron chi connectivity index (χ2n) is 7.94. The second kappa shape index (κ2) is 9.75. The number of carbonyl (C=O) groups is 1. The molecule has 2 N–H and O–H groups in total. The van der Waals surface area contributed by atoms with Gasteiger partial charge in [-0.15, -0.1) is 0 Å². The summed E-state index contributed by atoms with van der Waals surface area (Å²) in [5.41, 5.74) is 5.59. The zero-order valence-corrected chi connectivity index (χ0v) is 20.1. The van der Waals surface area contributed by atoms with Crippen LogP contribution in [0.4, 0.5) is 11.4 Å². The smallest absolute Gasteiger partial charge is 0.255 e. The van der Waals surface area contributed by atoms with Crippen molar-refractivity contribution in [2.24, 2.45) is 0 Å². The number of methoxy groups -OCH3 is 1. The van der Waals surface area contributed by atoms with Crippen LogP contribution in [0.15, 0.2) is 36.4 Å². The van der Waals surface area contributed by atoms with Gasteiger partial charge in [-0.1, -0.05) is 13.0 Å². The van der Waals surface area contributed by atoms with E-state index < -0.39 is 10.0 Å². The zero-order valence-electron chi connectivity index (χ0n) is 19.3. The van der Waals surface area contributed by atoms with Gasteiger partial charge in [-0.05, 0) is 68.7 Å². The molecule has 0 aliphatic carbocycles. The highest BCUT2D eigenvalue weighted by Crippen LogP contribution is 2.28. The van der Waals surface area contributed by atoms with Gasteiger partial charge in [-0.25, -0.2) is 8.42 Å². The summed E-state index contributed by atoms with van der Waals surface area (Å²) in [6.45, 7) is 9.08. The molecule has 0 radical (unpaired) electrons. The number of ether oxygens (including phenoxy) is 1. The Balaban J connectivity index is 1.88. The third-order valence-electron chi connectivity index (χ3n) is 5.74. The fourth-order valence-corrected chi connectivity index (χ4v) is 5.02. The number of sulfonamides is 1. The highest BCUT2D eigenvalue weighted by molar-refractivity contribution is 7.92. The lowest BCUT2D eigenvalue weighted by Gasteiger charge is -2.14. The topological polar surface area (TPSA) is 89.4 Å². The van der Waals surface area contributed by atoms with Crippen molar-refractivity contribution in [1.82, 2.24) is 4.57 Å². The maximum absolute atomic E-state index is 13.0. The van der Waals surface area contributed by atoms with Crippen molar-refractivity contribution in [3.63, 3.8) is 0 Å². The van der Waals surface area contributed by atoms with Crippen molar-refractivity contribution in [2.75, 3.05) is 29.5 Å². The molecule has 7 nitrogen and oxygen atoms in total. The molecule has 32 heavy (non-hydrogen) atoms. The molecule has 3 aromatic rings. The van der Waals surface area contributed by atoms with Crippen LogP contribution in [0.1, 0.15) is 40.5 Å². The highest BCUT2D eigenvalue weighted by atomic mass is 32.2. The van der Waals surface area contributed by atoms with Crippen molar-refractivity contribution < 1.29 is 17.9 Å². The molecule has 0 unspecified atom stereocenters. The van der Waals surface area contributed by atoms with E-state index in [0.29, 0.717) is 35.5 Å². The van der Waals surface area contributed by atoms with E-state index in [0.717, 1.165) is 28.7 Å². The number of anilines is 2. The third kappa shape index (κ3) is 4.97. The van der Waals surface area contributed by atoms with Crippen LogP contribution < -0.4 is 10.0 Å². The molecular weight excluding hydrogens is 426 g/mol. The number of fused-ring (bicyclic) bond motifs is 1. The fraction of sp³-hybridized carbons (Fsp3) is 0.375. The van der Waals surface area contributed by atoms with Crippen molar-refractivity contribution in [3.05, 3.63) is 58.8 Å². The molecule has 0 fully saturated rings. The summed E-state index contributed by atoms with van der Waals surface area (Å²) in [4.78, 5) is 13.0. The molecule has 0 saturated carbocycles. The maximum atomic E-state index is 13.0. The lowest BCUT2D eigenvalue weighted by molar-refractivity contribution is 0.102. The van der Waals surface area contributed by atoms with Gasteiger partial charge in [0, 0.05) is 41.5 Å². The third-order valence-corrected chi connectivity index (χ3v) is 7.22. The number of rotatable bonds is 9. The van der Waals surface area contributed by atoms with Crippen molar-refractivity contribution in [3.8, 4) is 0 Å². The Morgan fingerprint density at radius 2 is 1.78 bits per heavy atom. The predicted octanol–water partition coefficient (Wildman–Crippen LogP) is 4.62. The summed E-state index contributed by atoms with van der Waals surface area (Å²) in [5, 5.41) is 3.96. The van der Waals surface area contributed by atoms with Gasteiger partial charge in [-0.2, -0.15) is 0 Å². The summed E-state index contributed by atoms with van der Waals surface area (Å²) in [6, 6.07) is 10.8. The second-order valence-corrected chi connectivity index (χ2v) is 9.78. The van der Waals surface area contributed by atoms with Crippen molar-refractivity contribution in [2.45, 2.75) is 40.7 Å². The average molecular weight is 458 g/mol. The van der Waals surface area contributed by atoms with Gasteiger partial charge in [0.2, 0.25) is 10.0 Å². The maximum Gasteiger partial charge on any atom is 0.255 e. The SMILES string of the molecule is CCCS(=O)(=O)Nc1cccc(NC(=O)c2ccc3c(c2)c(C)c(C)n3CCOC)c1C. The van der Waals surface area contributed by atoms with Gasteiger partial charge in [0.05, 0.1) is 18.0 Å². The Hall–Kier alpha value is -2.84. The number of benzene rings is 2. The Kier molecular flexibility index (Phi) is 7.26. The first-order chi connectivity index (χ1) is 15.2. The van der Waals surface area contributed by atoms with Crippen molar-refractivity contribution >= 4 is 38.2 Å². The largest absolute Gasteiger partial charge is 0.383 e. The van der Waals surface area contributed by atoms with Gasteiger partial charge in [0.15, 0.2) is 0 Å². The van der Waals surface area contributed by atoms with Gasteiger partial charge < -0.3 is 14.6 Å². The van der Waals surface area contributed by atoms with E-state index in [1.807, 2.05) is 25.1 Å². The molecule has 3 rings (SSSR count). The van der Waals surface area contributed by atoms with Crippen molar-refractivity contribution in [1.29, 1.82) is 0 Å². The molecule has 1 aromatic heterocycles. The molecule has 2 aromatic carbocycles. The van der Waals surface area contributed by atoms with E-state index in [4.69, 9.17) is 4.74 Å². The number of nitrogens with one attached hydrogen (secondary N) is 2. The molecular formula is C24H31N3O4S. The van der Waals surface area contributed by atoms with E-state index >= 15 is 0 Å². The Labute approximate surface area is 189 Å². The van der Waals surface area contributed by atoms with E-state index in [9.17, 15) is 13.2 Å². The minimum atomic E-state index is -3.42. The summed E-state index contributed by atoms with van der Waals surface area (Å²) in [7, 11) is -1.73. The molecule has 1 amide bonds. The molecule has 0 aliphatic rings. The van der Waals surface area contributed by atoms with E-state index in [1.54, 1.807) is 32.2 Å². The minimum Gasteiger partial charge on any atom is -0.383 e. The van der Waals surface area contributed by atoms with Gasteiger partial charge in [-0.3, -0.25) is 9.52 Å². The lowest BCUT2D eigenvalue weighted by Crippen LogP contribution is -2.18. The van der Waals surface area contributed by atoms with Gasteiger partial charge >= 0.3 is 0 Å². The minimum absolute atomic E-state index is 0.0475. The van der Waals surface area contributed by atoms with E-state index in [1.165, 1.54) is 0 Å². The highest BCUT2D eigenvalue weighted by Gasteiger charge is 2.16. The van der Waals surface area contributed by atoms with Gasteiger partial charge in [0.1, 0.15) is 0 Å². The van der Waals surface area contributed by atoms with Crippen LogP contribution >= 0.6 is 0 Å². The molecule has 172 valence electrons. The number of hydrogen-bond donors (Lipinski definition) is 2. The number of amides is 1. The Bertz CT molecular complexity index is 1250. The monoisotopic (exact) mass is 457 g/mol. The van der Waals surface area contributed by atoms with Crippen LogP contribution in [0.3, 0.4) is 0 Å². The fourth-order valence-electron chi connectivity index (χ4n) is 3.83. The summed E-state index contributed by atoms with van der Waals surface area (Å²) in [5.74, 6) is -0.198. The number of nitrogens with zero attached hydrogens (tertiary/aromatic N) is 1. The normalized spacial score (nSPS) is 11.7. The van der Waals surface area contributed by atoms with E-state index in [-0.39, 0.29) is 11.7 Å². The standard InChI is InChI=1S/C24H31N3O4S/c1-6-14-32(29,30)26-22-9-7-8-21(17(22)3)25-24(28)19-10-11-23-20(15-19)16(2)18(4)27(23)12-13-31-5/h7-11,15,26H,6,12-14H2,1-5H3,(H,25,28).